The summed E-state index contributed by atoms with van der Waals surface area (Å²) in [4.78, 5) is 17.0. The Morgan fingerprint density at radius 1 is 1.28 bits per heavy atom. The highest BCUT2D eigenvalue weighted by molar-refractivity contribution is 7.99. The average molecular weight is 368 g/mol. The number of amides is 1. The summed E-state index contributed by atoms with van der Waals surface area (Å²) in [7, 11) is 0. The molecule has 2 aliphatic heterocycles. The van der Waals surface area contributed by atoms with Gasteiger partial charge in [0.15, 0.2) is 18.2 Å². The zero-order valence-corrected chi connectivity index (χ0v) is 15.2. The zero-order valence-electron chi connectivity index (χ0n) is 14.4. The number of morpholine rings is 1. The minimum atomic E-state index is -0.438. The SMILES string of the molecule is O=C(COc1ccccc1F)N1CCCSCC1CN1CCOCC1. The van der Waals surface area contributed by atoms with E-state index < -0.39 is 5.82 Å². The van der Waals surface area contributed by atoms with Gasteiger partial charge in [0.05, 0.1) is 19.3 Å². The first-order valence-corrected chi connectivity index (χ1v) is 9.94. The Bertz CT molecular complexity index is 569. The average Bonchev–Trinajstić information content (AvgIpc) is 2.87. The first kappa shape index (κ1) is 18.5. The first-order chi connectivity index (χ1) is 12.2. The number of hydrogen-bond donors (Lipinski definition) is 0. The van der Waals surface area contributed by atoms with Crippen LogP contribution in [0.15, 0.2) is 24.3 Å². The van der Waals surface area contributed by atoms with Crippen LogP contribution < -0.4 is 4.74 Å². The molecule has 0 radical (unpaired) electrons. The standard InChI is InChI=1S/C18H25FN2O3S/c19-16-4-1-2-5-17(16)24-13-18(22)21-6-3-11-25-14-15(21)12-20-7-9-23-10-8-20/h1-2,4-5,15H,3,6-14H2. The second-order valence-electron chi connectivity index (χ2n) is 6.30. The number of halogens is 1. The predicted molar refractivity (Wildman–Crippen MR) is 96.6 cm³/mol. The fraction of sp³-hybridized carbons (Fsp3) is 0.611. The predicted octanol–water partition coefficient (Wildman–Crippen LogP) is 1.87. The molecule has 1 amide bonds. The van der Waals surface area contributed by atoms with Gasteiger partial charge in [-0.3, -0.25) is 9.69 Å². The van der Waals surface area contributed by atoms with Gasteiger partial charge in [-0.1, -0.05) is 12.1 Å². The van der Waals surface area contributed by atoms with Gasteiger partial charge in [0.25, 0.3) is 5.91 Å². The van der Waals surface area contributed by atoms with Crippen molar-refractivity contribution in [3.63, 3.8) is 0 Å². The molecule has 1 unspecified atom stereocenters. The molecule has 0 bridgehead atoms. The molecule has 25 heavy (non-hydrogen) atoms. The molecule has 2 fully saturated rings. The van der Waals surface area contributed by atoms with E-state index in [1.54, 1.807) is 18.2 Å². The molecule has 7 heteroatoms. The normalized spacial score (nSPS) is 22.4. The monoisotopic (exact) mass is 368 g/mol. The number of rotatable bonds is 5. The summed E-state index contributed by atoms with van der Waals surface area (Å²) in [6.45, 7) is 4.81. The minimum absolute atomic E-state index is 0.0657. The molecule has 1 atom stereocenters. The first-order valence-electron chi connectivity index (χ1n) is 8.78. The maximum atomic E-state index is 13.7. The maximum absolute atomic E-state index is 13.7. The molecule has 2 saturated heterocycles. The second-order valence-corrected chi connectivity index (χ2v) is 7.45. The number of thioether (sulfide) groups is 1. The van der Waals surface area contributed by atoms with E-state index in [-0.39, 0.29) is 24.3 Å². The Kier molecular flexibility index (Phi) is 6.95. The number of carbonyl (C=O) groups is 1. The summed E-state index contributed by atoms with van der Waals surface area (Å²) < 4.78 is 24.5. The summed E-state index contributed by atoms with van der Waals surface area (Å²) in [5, 5.41) is 0. The highest BCUT2D eigenvalue weighted by Gasteiger charge is 2.28. The van der Waals surface area contributed by atoms with Crippen LogP contribution in [0.2, 0.25) is 0 Å². The molecular weight excluding hydrogens is 343 g/mol. The summed E-state index contributed by atoms with van der Waals surface area (Å²) in [5.74, 6) is 1.63. The molecule has 1 aromatic rings. The Labute approximate surface area is 152 Å². The highest BCUT2D eigenvalue weighted by atomic mass is 32.2. The van der Waals surface area contributed by atoms with E-state index in [9.17, 15) is 9.18 Å². The highest BCUT2D eigenvalue weighted by Crippen LogP contribution is 2.19. The van der Waals surface area contributed by atoms with Gasteiger partial charge in [-0.05, 0) is 24.3 Å². The lowest BCUT2D eigenvalue weighted by atomic mass is 10.2. The van der Waals surface area contributed by atoms with E-state index >= 15 is 0 Å². The number of nitrogens with zero attached hydrogens (tertiary/aromatic N) is 2. The smallest absolute Gasteiger partial charge is 0.260 e. The van der Waals surface area contributed by atoms with Crippen LogP contribution in [0.3, 0.4) is 0 Å². The third kappa shape index (κ3) is 5.33. The van der Waals surface area contributed by atoms with Crippen molar-refractivity contribution in [3.8, 4) is 5.75 Å². The number of benzene rings is 1. The molecule has 5 nitrogen and oxygen atoms in total. The second kappa shape index (κ2) is 9.40. The molecular formula is C18H25FN2O3S. The zero-order chi connectivity index (χ0) is 17.5. The summed E-state index contributed by atoms with van der Waals surface area (Å²) in [6, 6.07) is 6.36. The van der Waals surface area contributed by atoms with Crippen LogP contribution in [0.5, 0.6) is 5.75 Å². The topological polar surface area (TPSA) is 42.0 Å². The number of ether oxygens (including phenoxy) is 2. The van der Waals surface area contributed by atoms with Crippen LogP contribution in [0.1, 0.15) is 6.42 Å². The Hall–Kier alpha value is -1.31. The lowest BCUT2D eigenvalue weighted by Gasteiger charge is -2.35. The third-order valence-corrected chi connectivity index (χ3v) is 5.72. The van der Waals surface area contributed by atoms with E-state index in [4.69, 9.17) is 9.47 Å². The van der Waals surface area contributed by atoms with Gasteiger partial charge in [-0.2, -0.15) is 11.8 Å². The van der Waals surface area contributed by atoms with E-state index in [1.165, 1.54) is 6.07 Å². The molecule has 138 valence electrons. The molecule has 0 saturated carbocycles. The fourth-order valence-corrected chi connectivity index (χ4v) is 4.23. The summed E-state index contributed by atoms with van der Waals surface area (Å²) in [5.41, 5.74) is 0. The molecule has 0 N–H and O–H groups in total. The molecule has 0 spiro atoms. The van der Waals surface area contributed by atoms with Gasteiger partial charge in [-0.15, -0.1) is 0 Å². The van der Waals surface area contributed by atoms with Crippen molar-refractivity contribution < 1.29 is 18.7 Å². The van der Waals surface area contributed by atoms with Gasteiger partial charge in [0.1, 0.15) is 0 Å². The maximum Gasteiger partial charge on any atom is 0.260 e. The molecule has 1 aromatic carbocycles. The number of para-hydroxylation sites is 1. The lowest BCUT2D eigenvalue weighted by Crippen LogP contribution is -2.51. The molecule has 2 heterocycles. The van der Waals surface area contributed by atoms with E-state index in [0.717, 1.165) is 57.3 Å². The number of hydrogen-bond acceptors (Lipinski definition) is 5. The van der Waals surface area contributed by atoms with E-state index in [0.29, 0.717) is 0 Å². The third-order valence-electron chi connectivity index (χ3n) is 4.52. The fourth-order valence-electron chi connectivity index (χ4n) is 3.17. The van der Waals surface area contributed by atoms with Crippen LogP contribution in [0, 0.1) is 5.82 Å². The van der Waals surface area contributed by atoms with Crippen molar-refractivity contribution >= 4 is 17.7 Å². The van der Waals surface area contributed by atoms with Crippen LogP contribution in [-0.2, 0) is 9.53 Å². The largest absolute Gasteiger partial charge is 0.481 e. The molecule has 0 aliphatic carbocycles. The Morgan fingerprint density at radius 2 is 2.08 bits per heavy atom. The van der Waals surface area contributed by atoms with Crippen molar-refractivity contribution in [1.29, 1.82) is 0 Å². The molecule has 2 aliphatic rings. The van der Waals surface area contributed by atoms with Crippen LogP contribution in [0.4, 0.5) is 4.39 Å². The summed E-state index contributed by atoms with van der Waals surface area (Å²) >= 11 is 1.90. The van der Waals surface area contributed by atoms with Crippen molar-refractivity contribution in [2.24, 2.45) is 0 Å². The van der Waals surface area contributed by atoms with E-state index in [1.807, 2.05) is 16.7 Å². The van der Waals surface area contributed by atoms with Crippen LogP contribution in [-0.4, -0.2) is 79.3 Å². The van der Waals surface area contributed by atoms with Gasteiger partial charge in [-0.25, -0.2) is 4.39 Å². The Balaban J connectivity index is 1.59. The van der Waals surface area contributed by atoms with Crippen LogP contribution >= 0.6 is 11.8 Å². The van der Waals surface area contributed by atoms with Gasteiger partial charge in [0.2, 0.25) is 0 Å². The quantitative estimate of drug-likeness (QED) is 0.794. The van der Waals surface area contributed by atoms with Crippen LogP contribution in [0.25, 0.3) is 0 Å². The molecule has 0 aromatic heterocycles. The van der Waals surface area contributed by atoms with Gasteiger partial charge in [0, 0.05) is 31.9 Å². The number of carbonyl (C=O) groups excluding carboxylic acids is 1. The summed E-state index contributed by atoms with van der Waals surface area (Å²) in [6.07, 6.45) is 0.982. The van der Waals surface area contributed by atoms with Crippen molar-refractivity contribution in [1.82, 2.24) is 9.80 Å². The van der Waals surface area contributed by atoms with Crippen molar-refractivity contribution in [3.05, 3.63) is 30.1 Å². The van der Waals surface area contributed by atoms with E-state index in [2.05, 4.69) is 4.90 Å². The van der Waals surface area contributed by atoms with Gasteiger partial charge >= 0.3 is 0 Å². The molecule has 3 rings (SSSR count). The van der Waals surface area contributed by atoms with Crippen molar-refractivity contribution in [2.45, 2.75) is 12.5 Å². The minimum Gasteiger partial charge on any atom is -0.481 e. The van der Waals surface area contributed by atoms with Gasteiger partial charge < -0.3 is 14.4 Å². The Morgan fingerprint density at radius 3 is 2.88 bits per heavy atom. The lowest BCUT2D eigenvalue weighted by molar-refractivity contribution is -0.135. The van der Waals surface area contributed by atoms with Crippen molar-refractivity contribution in [2.75, 3.05) is 57.5 Å².